The molecule has 3 unspecified atom stereocenters. The van der Waals surface area contributed by atoms with E-state index in [0.717, 1.165) is 7.11 Å². The molecular formula is C22H29N9O11P2S2. The van der Waals surface area contributed by atoms with Gasteiger partial charge >= 0.3 is 13.6 Å². The first-order chi connectivity index (χ1) is 21.7. The lowest BCUT2D eigenvalue weighted by molar-refractivity contribution is -0.0266. The number of hydrogen-bond acceptors (Lipinski definition) is 17. The van der Waals surface area contributed by atoms with Crippen molar-refractivity contribution in [3.8, 4) is 0 Å². The van der Waals surface area contributed by atoms with Crippen molar-refractivity contribution in [3.63, 3.8) is 0 Å². The number of nitrogen functional groups attached to an aromatic ring is 2. The highest BCUT2D eigenvalue weighted by atomic mass is 32.7. The van der Waals surface area contributed by atoms with Crippen molar-refractivity contribution >= 4 is 73.1 Å². The Morgan fingerprint density at radius 2 is 1.78 bits per heavy atom. The number of nitrogens with zero attached hydrogens (tertiary/aromatic N) is 5. The number of nitrogens with one attached hydrogen (secondary N) is 2. The van der Waals surface area contributed by atoms with Gasteiger partial charge in [-0.1, -0.05) is 24.5 Å². The highest BCUT2D eigenvalue weighted by Gasteiger charge is 2.52. The zero-order valence-corrected chi connectivity index (χ0v) is 27.3. The number of imidazole rings is 1. The molecule has 2 saturated heterocycles. The monoisotopic (exact) mass is 721 g/mol. The van der Waals surface area contributed by atoms with E-state index in [9.17, 15) is 23.8 Å². The van der Waals surface area contributed by atoms with Crippen LogP contribution in [0.4, 0.5) is 17.6 Å². The second kappa shape index (κ2) is 12.8. The Kier molecular flexibility index (Phi) is 9.24. The Hall–Kier alpha value is -2.62. The number of hydrogen-bond donors (Lipinski definition) is 7. The van der Waals surface area contributed by atoms with Crippen molar-refractivity contribution in [2.24, 2.45) is 4.99 Å². The molecule has 24 heteroatoms. The van der Waals surface area contributed by atoms with Crippen molar-refractivity contribution in [2.75, 3.05) is 31.8 Å². The van der Waals surface area contributed by atoms with E-state index < -0.39 is 74.0 Å². The number of aliphatic hydroxyl groups is 1. The summed E-state index contributed by atoms with van der Waals surface area (Å²) in [6.07, 6.45) is -2.68. The highest BCUT2D eigenvalue weighted by Crippen LogP contribution is 2.57. The van der Waals surface area contributed by atoms with Gasteiger partial charge in [-0.2, -0.15) is 4.98 Å². The molecule has 0 saturated carbocycles. The van der Waals surface area contributed by atoms with Crippen LogP contribution in [0.15, 0.2) is 20.9 Å². The molecule has 0 radical (unpaired) electrons. The van der Waals surface area contributed by atoms with Crippen LogP contribution in [-0.2, 0) is 36.7 Å². The van der Waals surface area contributed by atoms with Crippen molar-refractivity contribution < 1.29 is 41.8 Å². The molecule has 6 rings (SSSR count). The molecule has 46 heavy (non-hydrogen) atoms. The molecule has 7 N–H and O–H groups in total. The summed E-state index contributed by atoms with van der Waals surface area (Å²) < 4.78 is 60.5. The van der Waals surface area contributed by atoms with Crippen LogP contribution < -0.4 is 22.6 Å². The minimum absolute atomic E-state index is 0.0146. The molecule has 2 fully saturated rings. The molecule has 0 aliphatic carbocycles. The number of aliphatic hydroxyl groups excluding tert-OH is 1. The lowest BCUT2D eigenvalue weighted by atomic mass is 9.95. The number of rotatable bonds is 11. The molecule has 20 nitrogen and oxygen atoms in total. The van der Waals surface area contributed by atoms with Crippen molar-refractivity contribution in [1.82, 2.24) is 29.5 Å². The molecule has 3 aliphatic rings. The Bertz CT molecular complexity index is 1890. The lowest BCUT2D eigenvalue weighted by Crippen LogP contribution is -2.38. The van der Waals surface area contributed by atoms with Gasteiger partial charge in [-0.15, -0.1) is 0 Å². The fraction of sp³-hybridized carbons (Fsp3) is 0.545. The zero-order valence-electron chi connectivity index (χ0n) is 23.7. The van der Waals surface area contributed by atoms with E-state index in [1.165, 1.54) is 12.5 Å². The first-order valence-electron chi connectivity index (χ1n) is 13.6. The van der Waals surface area contributed by atoms with Crippen LogP contribution in [-0.4, -0.2) is 91.7 Å². The molecule has 250 valence electrons. The molecule has 3 aromatic rings. The average Bonchev–Trinajstić information content (AvgIpc) is 3.77. The first kappa shape index (κ1) is 33.3. The normalized spacial score (nSPS) is 30.0. The van der Waals surface area contributed by atoms with Gasteiger partial charge in [0.1, 0.15) is 30.6 Å². The maximum absolute atomic E-state index is 13.4. The standard InChI is InChI=1S/C22H29N9O11P2S2/c1-37-43(35,45)39-6-10-17(15(32)16(41-10)9-4-25-13-12(9)27-21(23)29-19(13)33)42-44(36,46)38-5-8-2-3-11(40-8)31-7-26-14-18(31)28-22(24)30-20(14)34/h4,7-11,15-17,32H,2-3,5-6H2,1H3,(H,35,45)(H,36,46)(H3,23,27,29,33)(H3,24,28,30,34)/t8-,9?,10+,11+,15-,16-,17+,43?,44?/m0/s1. The molecule has 3 aromatic heterocycles. The third kappa shape index (κ3) is 6.70. The number of H-pyrrole nitrogens is 2. The van der Waals surface area contributed by atoms with Gasteiger partial charge in [0.05, 0.1) is 37.3 Å². The summed E-state index contributed by atoms with van der Waals surface area (Å²) in [4.78, 5) is 45.6. The predicted molar refractivity (Wildman–Crippen MR) is 168 cm³/mol. The molecule has 0 bridgehead atoms. The molecule has 9 atom stereocenters. The number of thiol groups is 2. The van der Waals surface area contributed by atoms with Gasteiger partial charge < -0.3 is 30.6 Å². The lowest BCUT2D eigenvalue weighted by Gasteiger charge is -2.25. The van der Waals surface area contributed by atoms with Crippen molar-refractivity contribution in [2.45, 2.75) is 55.5 Å². The summed E-state index contributed by atoms with van der Waals surface area (Å²) in [6.45, 7) is -8.74. The minimum Gasteiger partial charge on any atom is -0.388 e. The third-order valence-corrected chi connectivity index (χ3v) is 10.9. The largest absolute Gasteiger partial charge is 0.388 e. The van der Waals surface area contributed by atoms with Gasteiger partial charge in [0.2, 0.25) is 11.9 Å². The Labute approximate surface area is 269 Å². The number of nitrogens with two attached hydrogens (primary N) is 2. The summed E-state index contributed by atoms with van der Waals surface area (Å²) in [5, 5.41) is 11.3. The molecule has 0 amide bonds. The Balaban J connectivity index is 1.14. The maximum Gasteiger partial charge on any atom is 0.386 e. The van der Waals surface area contributed by atoms with E-state index in [4.69, 9.17) is 39.0 Å². The van der Waals surface area contributed by atoms with Gasteiger partial charge in [-0.3, -0.25) is 42.7 Å². The van der Waals surface area contributed by atoms with E-state index in [1.54, 1.807) is 4.57 Å². The van der Waals surface area contributed by atoms with Gasteiger partial charge in [-0.05, 0) is 12.8 Å². The smallest absolute Gasteiger partial charge is 0.386 e. The molecule has 0 spiro atoms. The van der Waals surface area contributed by atoms with Crippen molar-refractivity contribution in [3.05, 3.63) is 32.7 Å². The Morgan fingerprint density at radius 3 is 2.54 bits per heavy atom. The van der Waals surface area contributed by atoms with E-state index in [-0.39, 0.29) is 41.0 Å². The van der Waals surface area contributed by atoms with Crippen LogP contribution in [0, 0.1) is 0 Å². The topological polar surface area (TPSA) is 283 Å². The number of anilines is 2. The van der Waals surface area contributed by atoms with Gasteiger partial charge in [0.15, 0.2) is 16.9 Å². The number of aromatic amines is 2. The van der Waals surface area contributed by atoms with Gasteiger partial charge in [0, 0.05) is 13.3 Å². The second-order valence-corrected chi connectivity index (χ2v) is 16.4. The zero-order chi connectivity index (χ0) is 33.0. The number of fused-ring (bicyclic) bond motifs is 2. The number of ether oxygens (including phenoxy) is 2. The predicted octanol–water partition coefficient (Wildman–Crippen LogP) is 0.813. The number of aliphatic imine (C=N–C) groups is 1. The quantitative estimate of drug-likeness (QED) is 0.107. The van der Waals surface area contributed by atoms with E-state index in [0.29, 0.717) is 12.8 Å². The SMILES string of the molecule is COP(=O)(S)OC[C@H]1O[C@@H](C2C=Nc3c2nc(N)[nH]c3=O)[C@H](O)[C@@H]1OP(=O)(S)OC[C@@H]1CC[C@H](n2cnc3c(=O)[nH]c(N)nc32)O1. The van der Waals surface area contributed by atoms with E-state index >= 15 is 0 Å². The molecule has 6 heterocycles. The van der Waals surface area contributed by atoms with Crippen LogP contribution in [0.3, 0.4) is 0 Å². The van der Waals surface area contributed by atoms with Gasteiger partial charge in [0.25, 0.3) is 11.1 Å². The summed E-state index contributed by atoms with van der Waals surface area (Å²) in [5.41, 5.74) is 10.8. The van der Waals surface area contributed by atoms with Gasteiger partial charge in [-0.25, -0.2) is 19.1 Å². The van der Waals surface area contributed by atoms with Crippen LogP contribution in [0.5, 0.6) is 0 Å². The first-order valence-corrected chi connectivity index (χ1v) is 19.0. The minimum atomic E-state index is -4.23. The van der Waals surface area contributed by atoms with E-state index in [1.807, 2.05) is 0 Å². The second-order valence-electron chi connectivity index (χ2n) is 10.5. The van der Waals surface area contributed by atoms with Crippen LogP contribution in [0.25, 0.3) is 11.2 Å². The van der Waals surface area contributed by atoms with E-state index in [2.05, 4.69) is 54.4 Å². The van der Waals surface area contributed by atoms with Crippen LogP contribution in [0.2, 0.25) is 0 Å². The summed E-state index contributed by atoms with van der Waals surface area (Å²) >= 11 is 7.94. The van der Waals surface area contributed by atoms with Crippen LogP contribution >= 0.6 is 38.1 Å². The number of aromatic nitrogens is 6. The molecular weight excluding hydrogens is 692 g/mol. The maximum atomic E-state index is 13.4. The average molecular weight is 722 g/mol. The third-order valence-electron chi connectivity index (χ3n) is 7.50. The molecule has 0 aromatic carbocycles. The fourth-order valence-corrected chi connectivity index (χ4v) is 7.55. The van der Waals surface area contributed by atoms with Crippen molar-refractivity contribution in [1.29, 1.82) is 0 Å². The summed E-state index contributed by atoms with van der Waals surface area (Å²) in [6, 6.07) is 0. The Morgan fingerprint density at radius 1 is 1.07 bits per heavy atom. The highest BCUT2D eigenvalue weighted by molar-refractivity contribution is 8.44. The summed E-state index contributed by atoms with van der Waals surface area (Å²) in [5.74, 6) is -1.11. The van der Waals surface area contributed by atoms with Crippen LogP contribution in [0.1, 0.15) is 30.7 Å². The molecule has 3 aliphatic heterocycles. The fourth-order valence-electron chi connectivity index (χ4n) is 5.40. The summed E-state index contributed by atoms with van der Waals surface area (Å²) in [7, 11) is 1.13.